The molecule has 1 atom stereocenters. The summed E-state index contributed by atoms with van der Waals surface area (Å²) in [5.74, 6) is 0. The predicted molar refractivity (Wildman–Crippen MR) is 66.4 cm³/mol. The van der Waals surface area contributed by atoms with Crippen LogP contribution in [0, 0.1) is 6.92 Å². The van der Waals surface area contributed by atoms with Crippen molar-refractivity contribution >= 4 is 11.9 Å². The second-order valence-corrected chi connectivity index (χ2v) is 4.20. The number of nitrogens with zero attached hydrogens (tertiary/aromatic N) is 3. The molecule has 0 saturated carbocycles. The number of anilines is 1. The summed E-state index contributed by atoms with van der Waals surface area (Å²) < 4.78 is 0. The maximum Gasteiger partial charge on any atom is 0.141 e. The Labute approximate surface area is 95.7 Å². The second kappa shape index (κ2) is 3.67. The molecular formula is C13H15N3. The average molecular weight is 213 g/mol. The van der Waals surface area contributed by atoms with Gasteiger partial charge in [0.15, 0.2) is 0 Å². The highest BCUT2D eigenvalue weighted by molar-refractivity contribution is 5.72. The summed E-state index contributed by atoms with van der Waals surface area (Å²) in [7, 11) is 0. The van der Waals surface area contributed by atoms with Gasteiger partial charge in [0.2, 0.25) is 0 Å². The molecule has 0 aromatic heterocycles. The Morgan fingerprint density at radius 1 is 1.31 bits per heavy atom. The average Bonchev–Trinajstić information content (AvgIpc) is 2.74. The standard InChI is InChI=1S/C13H15N3/c1-11-5-2-3-6-12(11)15-10-7-13-14-8-4-9-16(13)15/h2-6,8-9,13H,7,10H2,1H3. The maximum atomic E-state index is 4.47. The molecule has 2 heterocycles. The van der Waals surface area contributed by atoms with E-state index in [1.807, 2.05) is 12.3 Å². The zero-order valence-corrected chi connectivity index (χ0v) is 9.37. The number of fused-ring (bicyclic) bond motifs is 1. The van der Waals surface area contributed by atoms with E-state index in [-0.39, 0.29) is 0 Å². The summed E-state index contributed by atoms with van der Waals surface area (Å²) in [6.07, 6.45) is 7.38. The molecule has 1 unspecified atom stereocenters. The number of hydrogen-bond acceptors (Lipinski definition) is 3. The lowest BCUT2D eigenvalue weighted by molar-refractivity contribution is 0.331. The van der Waals surface area contributed by atoms with Crippen molar-refractivity contribution in [3.8, 4) is 0 Å². The third-order valence-electron chi connectivity index (χ3n) is 3.16. The minimum atomic E-state index is 0.296. The molecule has 16 heavy (non-hydrogen) atoms. The lowest BCUT2D eigenvalue weighted by Crippen LogP contribution is -2.37. The quantitative estimate of drug-likeness (QED) is 0.713. The van der Waals surface area contributed by atoms with Gasteiger partial charge in [-0.3, -0.25) is 15.0 Å². The first kappa shape index (κ1) is 9.46. The number of benzene rings is 1. The van der Waals surface area contributed by atoms with Crippen LogP contribution in [0.5, 0.6) is 0 Å². The van der Waals surface area contributed by atoms with Gasteiger partial charge in [0, 0.05) is 25.4 Å². The first-order valence-corrected chi connectivity index (χ1v) is 5.67. The number of aryl methyl sites for hydroxylation is 1. The molecule has 1 fully saturated rings. The zero-order chi connectivity index (χ0) is 11.0. The van der Waals surface area contributed by atoms with E-state index >= 15 is 0 Å². The minimum Gasteiger partial charge on any atom is -0.283 e. The van der Waals surface area contributed by atoms with Gasteiger partial charge in [-0.25, -0.2) is 0 Å². The SMILES string of the molecule is Cc1ccccc1N1CCC2N=CC=CN21. The highest BCUT2D eigenvalue weighted by atomic mass is 15.7. The van der Waals surface area contributed by atoms with Crippen LogP contribution >= 0.6 is 0 Å². The Bertz CT molecular complexity index is 450. The van der Waals surface area contributed by atoms with Crippen molar-refractivity contribution in [2.24, 2.45) is 4.99 Å². The number of allylic oxidation sites excluding steroid dienone is 1. The third-order valence-corrected chi connectivity index (χ3v) is 3.16. The molecule has 0 radical (unpaired) electrons. The van der Waals surface area contributed by atoms with Crippen molar-refractivity contribution in [3.63, 3.8) is 0 Å². The van der Waals surface area contributed by atoms with Crippen LogP contribution < -0.4 is 5.01 Å². The van der Waals surface area contributed by atoms with Gasteiger partial charge in [-0.1, -0.05) is 18.2 Å². The van der Waals surface area contributed by atoms with Gasteiger partial charge in [0.05, 0.1) is 5.69 Å². The molecule has 3 rings (SSSR count). The van der Waals surface area contributed by atoms with Gasteiger partial charge in [0.25, 0.3) is 0 Å². The van der Waals surface area contributed by atoms with Gasteiger partial charge in [-0.05, 0) is 24.6 Å². The predicted octanol–water partition coefficient (Wildman–Crippen LogP) is 2.35. The molecule has 0 aliphatic carbocycles. The van der Waals surface area contributed by atoms with Gasteiger partial charge in [-0.15, -0.1) is 0 Å². The summed E-state index contributed by atoms with van der Waals surface area (Å²) in [5.41, 5.74) is 2.60. The zero-order valence-electron chi connectivity index (χ0n) is 9.37. The number of hydrazine groups is 1. The summed E-state index contributed by atoms with van der Waals surface area (Å²) >= 11 is 0. The number of hydrogen-bond donors (Lipinski definition) is 0. The van der Waals surface area contributed by atoms with Crippen molar-refractivity contribution in [3.05, 3.63) is 42.1 Å². The van der Waals surface area contributed by atoms with Gasteiger partial charge in [-0.2, -0.15) is 0 Å². The second-order valence-electron chi connectivity index (χ2n) is 4.20. The molecule has 82 valence electrons. The van der Waals surface area contributed by atoms with Crippen LogP contribution in [0.15, 0.2) is 41.5 Å². The van der Waals surface area contributed by atoms with Crippen molar-refractivity contribution < 1.29 is 0 Å². The highest BCUT2D eigenvalue weighted by Crippen LogP contribution is 2.29. The van der Waals surface area contributed by atoms with Crippen LogP contribution in [0.1, 0.15) is 12.0 Å². The molecule has 1 aromatic rings. The summed E-state index contributed by atoms with van der Waals surface area (Å²) in [5, 5.41) is 4.54. The molecule has 2 aliphatic heterocycles. The molecular weight excluding hydrogens is 198 g/mol. The Morgan fingerprint density at radius 3 is 3.06 bits per heavy atom. The van der Waals surface area contributed by atoms with Gasteiger partial charge < -0.3 is 0 Å². The van der Waals surface area contributed by atoms with Crippen LogP contribution in [0.2, 0.25) is 0 Å². The van der Waals surface area contributed by atoms with E-state index in [0.29, 0.717) is 6.17 Å². The van der Waals surface area contributed by atoms with E-state index in [9.17, 15) is 0 Å². The first-order valence-electron chi connectivity index (χ1n) is 5.67. The van der Waals surface area contributed by atoms with E-state index in [0.717, 1.165) is 13.0 Å². The van der Waals surface area contributed by atoms with Crippen LogP contribution in [0.4, 0.5) is 5.69 Å². The molecule has 3 heteroatoms. The van der Waals surface area contributed by atoms with Crippen molar-refractivity contribution in [1.29, 1.82) is 0 Å². The lowest BCUT2D eigenvalue weighted by atomic mass is 10.2. The summed E-state index contributed by atoms with van der Waals surface area (Å²) in [4.78, 5) is 4.47. The molecule has 0 spiro atoms. The van der Waals surface area contributed by atoms with Crippen LogP contribution in [-0.2, 0) is 0 Å². The highest BCUT2D eigenvalue weighted by Gasteiger charge is 2.30. The van der Waals surface area contributed by atoms with E-state index in [2.05, 4.69) is 52.4 Å². The normalized spacial score (nSPS) is 22.7. The molecule has 1 aromatic carbocycles. The van der Waals surface area contributed by atoms with Crippen LogP contribution in [0.3, 0.4) is 0 Å². The van der Waals surface area contributed by atoms with Gasteiger partial charge >= 0.3 is 0 Å². The Kier molecular flexibility index (Phi) is 2.17. The van der Waals surface area contributed by atoms with Crippen molar-refractivity contribution in [1.82, 2.24) is 5.01 Å². The monoisotopic (exact) mass is 213 g/mol. The summed E-state index contributed by atoms with van der Waals surface area (Å²) in [6.45, 7) is 3.19. The Balaban J connectivity index is 1.95. The number of rotatable bonds is 1. The molecule has 0 amide bonds. The fourth-order valence-electron chi connectivity index (χ4n) is 2.34. The molecule has 1 saturated heterocycles. The molecule has 0 N–H and O–H groups in total. The largest absolute Gasteiger partial charge is 0.283 e. The minimum absolute atomic E-state index is 0.296. The van der Waals surface area contributed by atoms with Crippen molar-refractivity contribution in [2.45, 2.75) is 19.5 Å². The number of para-hydroxylation sites is 1. The topological polar surface area (TPSA) is 18.8 Å². The molecule has 0 bridgehead atoms. The van der Waals surface area contributed by atoms with Crippen molar-refractivity contribution in [2.75, 3.05) is 11.6 Å². The Morgan fingerprint density at radius 2 is 2.19 bits per heavy atom. The van der Waals surface area contributed by atoms with E-state index in [1.54, 1.807) is 0 Å². The van der Waals surface area contributed by atoms with E-state index < -0.39 is 0 Å². The van der Waals surface area contributed by atoms with E-state index in [1.165, 1.54) is 11.3 Å². The fourth-order valence-corrected chi connectivity index (χ4v) is 2.34. The van der Waals surface area contributed by atoms with Gasteiger partial charge in [0.1, 0.15) is 6.17 Å². The molecule has 3 nitrogen and oxygen atoms in total. The van der Waals surface area contributed by atoms with Crippen LogP contribution in [-0.4, -0.2) is 23.9 Å². The summed E-state index contributed by atoms with van der Waals surface area (Å²) in [6, 6.07) is 8.49. The number of aliphatic imine (C=N–C) groups is 1. The fraction of sp³-hybridized carbons (Fsp3) is 0.308. The smallest absolute Gasteiger partial charge is 0.141 e. The first-order chi connectivity index (χ1) is 7.86. The molecule has 2 aliphatic rings. The maximum absolute atomic E-state index is 4.47. The lowest BCUT2D eigenvalue weighted by Gasteiger charge is -2.33. The Hall–Kier alpha value is -1.77. The van der Waals surface area contributed by atoms with E-state index in [4.69, 9.17) is 0 Å². The third kappa shape index (κ3) is 1.40. The van der Waals surface area contributed by atoms with Crippen LogP contribution in [0.25, 0.3) is 0 Å².